The third-order valence-electron chi connectivity index (χ3n) is 3.22. The fraction of sp³-hybridized carbons (Fsp3) is 0.133. The smallest absolute Gasteiger partial charge is 0.205 e. The fourth-order valence-corrected chi connectivity index (χ4v) is 2.28. The number of anilines is 1. The van der Waals surface area contributed by atoms with Crippen LogP contribution in [0.2, 0.25) is 0 Å². The number of methoxy groups -OCH3 is 1. The van der Waals surface area contributed by atoms with E-state index in [1.807, 2.05) is 54.0 Å². The van der Waals surface area contributed by atoms with Crippen LogP contribution in [0.5, 0.6) is 5.75 Å². The molecule has 4 heteroatoms. The SMILES string of the molecule is COc1cccc(-n2c(N)nc3c(C)cccc32)c1. The van der Waals surface area contributed by atoms with E-state index in [1.54, 1.807) is 7.11 Å². The minimum Gasteiger partial charge on any atom is -0.497 e. The predicted octanol–water partition coefficient (Wildman–Crippen LogP) is 2.92. The summed E-state index contributed by atoms with van der Waals surface area (Å²) in [5, 5.41) is 0. The van der Waals surface area contributed by atoms with Gasteiger partial charge in [-0.3, -0.25) is 4.57 Å². The van der Waals surface area contributed by atoms with Crippen LogP contribution in [0.25, 0.3) is 16.7 Å². The number of fused-ring (bicyclic) bond motifs is 1. The highest BCUT2D eigenvalue weighted by molar-refractivity contribution is 5.83. The number of hydrogen-bond donors (Lipinski definition) is 1. The van der Waals surface area contributed by atoms with Gasteiger partial charge in [-0.2, -0.15) is 0 Å². The number of rotatable bonds is 2. The first kappa shape index (κ1) is 11.6. The molecule has 0 bridgehead atoms. The normalized spacial score (nSPS) is 10.8. The zero-order valence-corrected chi connectivity index (χ0v) is 10.9. The summed E-state index contributed by atoms with van der Waals surface area (Å²) in [5.74, 6) is 1.28. The lowest BCUT2D eigenvalue weighted by atomic mass is 10.2. The van der Waals surface area contributed by atoms with Crippen LogP contribution < -0.4 is 10.5 Å². The fourth-order valence-electron chi connectivity index (χ4n) is 2.28. The number of hydrogen-bond acceptors (Lipinski definition) is 3. The van der Waals surface area contributed by atoms with Gasteiger partial charge in [0.05, 0.1) is 23.8 Å². The van der Waals surface area contributed by atoms with Crippen molar-refractivity contribution < 1.29 is 4.74 Å². The molecule has 0 saturated carbocycles. The standard InChI is InChI=1S/C15H15N3O/c1-10-5-3-8-13-14(10)17-15(16)18(13)11-6-4-7-12(9-11)19-2/h3-9H,1-2H3,(H2,16,17). The zero-order chi connectivity index (χ0) is 13.4. The van der Waals surface area contributed by atoms with Gasteiger partial charge in [0.15, 0.2) is 0 Å². The van der Waals surface area contributed by atoms with E-state index in [0.717, 1.165) is 28.0 Å². The number of nitrogens with zero attached hydrogens (tertiary/aromatic N) is 2. The van der Waals surface area contributed by atoms with E-state index in [2.05, 4.69) is 4.98 Å². The number of ether oxygens (including phenoxy) is 1. The molecule has 96 valence electrons. The lowest BCUT2D eigenvalue weighted by molar-refractivity contribution is 0.414. The van der Waals surface area contributed by atoms with Crippen molar-refractivity contribution in [1.82, 2.24) is 9.55 Å². The van der Waals surface area contributed by atoms with Gasteiger partial charge in [0, 0.05) is 6.07 Å². The monoisotopic (exact) mass is 253 g/mol. The number of aryl methyl sites for hydroxylation is 1. The molecule has 2 N–H and O–H groups in total. The molecule has 0 amide bonds. The van der Waals surface area contributed by atoms with E-state index in [9.17, 15) is 0 Å². The maximum atomic E-state index is 6.06. The third-order valence-corrected chi connectivity index (χ3v) is 3.22. The number of nitrogen functional groups attached to an aromatic ring is 1. The van der Waals surface area contributed by atoms with E-state index in [-0.39, 0.29) is 0 Å². The van der Waals surface area contributed by atoms with Crippen LogP contribution >= 0.6 is 0 Å². The Bertz CT molecular complexity index is 746. The molecule has 0 unspecified atom stereocenters. The van der Waals surface area contributed by atoms with Crippen LogP contribution in [0.4, 0.5) is 5.95 Å². The first-order chi connectivity index (χ1) is 9.20. The van der Waals surface area contributed by atoms with Crippen LogP contribution in [0, 0.1) is 6.92 Å². The largest absolute Gasteiger partial charge is 0.497 e. The van der Waals surface area contributed by atoms with Crippen LogP contribution in [-0.4, -0.2) is 16.7 Å². The highest BCUT2D eigenvalue weighted by Crippen LogP contribution is 2.26. The number of benzene rings is 2. The van der Waals surface area contributed by atoms with Crippen molar-refractivity contribution >= 4 is 17.0 Å². The van der Waals surface area contributed by atoms with Gasteiger partial charge < -0.3 is 10.5 Å². The molecule has 1 heterocycles. The highest BCUT2D eigenvalue weighted by atomic mass is 16.5. The minimum atomic E-state index is 0.484. The summed E-state index contributed by atoms with van der Waals surface area (Å²) in [6, 6.07) is 13.8. The molecule has 3 aromatic rings. The molecule has 19 heavy (non-hydrogen) atoms. The van der Waals surface area contributed by atoms with Crippen molar-refractivity contribution in [2.75, 3.05) is 12.8 Å². The lowest BCUT2D eigenvalue weighted by Crippen LogP contribution is -2.00. The second-order valence-electron chi connectivity index (χ2n) is 4.45. The Hall–Kier alpha value is -2.49. The molecule has 0 aliphatic heterocycles. The predicted molar refractivity (Wildman–Crippen MR) is 76.8 cm³/mol. The van der Waals surface area contributed by atoms with Gasteiger partial charge in [-0.15, -0.1) is 0 Å². The molecule has 0 aliphatic carbocycles. The summed E-state index contributed by atoms with van der Waals surface area (Å²) < 4.78 is 7.19. The number of imidazole rings is 1. The molecule has 1 aromatic heterocycles. The first-order valence-electron chi connectivity index (χ1n) is 6.08. The van der Waals surface area contributed by atoms with Crippen LogP contribution in [0.15, 0.2) is 42.5 Å². The molecular weight excluding hydrogens is 238 g/mol. The molecule has 0 radical (unpaired) electrons. The Kier molecular flexibility index (Phi) is 2.63. The van der Waals surface area contributed by atoms with Crippen molar-refractivity contribution in [3.05, 3.63) is 48.0 Å². The maximum Gasteiger partial charge on any atom is 0.205 e. The van der Waals surface area contributed by atoms with Crippen LogP contribution in [0.1, 0.15) is 5.56 Å². The molecule has 2 aromatic carbocycles. The lowest BCUT2D eigenvalue weighted by Gasteiger charge is -2.08. The Morgan fingerprint density at radius 2 is 1.95 bits per heavy atom. The zero-order valence-electron chi connectivity index (χ0n) is 10.9. The Labute approximate surface area is 111 Å². The summed E-state index contributed by atoms with van der Waals surface area (Å²) in [6.07, 6.45) is 0. The molecule has 0 aliphatic rings. The van der Waals surface area contributed by atoms with E-state index in [0.29, 0.717) is 5.95 Å². The minimum absolute atomic E-state index is 0.484. The molecular formula is C15H15N3O. The number of para-hydroxylation sites is 1. The van der Waals surface area contributed by atoms with Crippen molar-refractivity contribution in [1.29, 1.82) is 0 Å². The van der Waals surface area contributed by atoms with E-state index in [4.69, 9.17) is 10.5 Å². The molecule has 0 atom stereocenters. The second kappa shape index (κ2) is 4.31. The van der Waals surface area contributed by atoms with Crippen LogP contribution in [-0.2, 0) is 0 Å². The average Bonchev–Trinajstić information content (AvgIpc) is 2.77. The third kappa shape index (κ3) is 1.81. The Morgan fingerprint density at radius 1 is 1.16 bits per heavy atom. The summed E-state index contributed by atoms with van der Waals surface area (Å²) in [7, 11) is 1.65. The van der Waals surface area contributed by atoms with Crippen molar-refractivity contribution in [2.45, 2.75) is 6.92 Å². The van der Waals surface area contributed by atoms with Crippen molar-refractivity contribution in [3.8, 4) is 11.4 Å². The van der Waals surface area contributed by atoms with E-state index < -0.39 is 0 Å². The maximum absolute atomic E-state index is 6.06. The second-order valence-corrected chi connectivity index (χ2v) is 4.45. The first-order valence-corrected chi connectivity index (χ1v) is 6.08. The highest BCUT2D eigenvalue weighted by Gasteiger charge is 2.11. The van der Waals surface area contributed by atoms with Crippen molar-refractivity contribution in [3.63, 3.8) is 0 Å². The number of aromatic nitrogens is 2. The molecule has 3 rings (SSSR count). The molecule has 0 saturated heterocycles. The van der Waals surface area contributed by atoms with Gasteiger partial charge >= 0.3 is 0 Å². The van der Waals surface area contributed by atoms with Gasteiger partial charge in [-0.1, -0.05) is 18.2 Å². The van der Waals surface area contributed by atoms with Gasteiger partial charge in [-0.05, 0) is 30.7 Å². The Morgan fingerprint density at radius 3 is 2.74 bits per heavy atom. The van der Waals surface area contributed by atoms with Gasteiger partial charge in [0.1, 0.15) is 5.75 Å². The van der Waals surface area contributed by atoms with Gasteiger partial charge in [-0.25, -0.2) is 4.98 Å². The summed E-state index contributed by atoms with van der Waals surface area (Å²) in [4.78, 5) is 4.44. The molecule has 4 nitrogen and oxygen atoms in total. The Balaban J connectivity index is 2.30. The van der Waals surface area contributed by atoms with Crippen molar-refractivity contribution in [2.24, 2.45) is 0 Å². The van der Waals surface area contributed by atoms with Gasteiger partial charge in [0.25, 0.3) is 0 Å². The number of nitrogens with two attached hydrogens (primary N) is 1. The summed E-state index contributed by atoms with van der Waals surface area (Å²) in [5.41, 5.74) is 10.1. The van der Waals surface area contributed by atoms with E-state index >= 15 is 0 Å². The molecule has 0 spiro atoms. The quantitative estimate of drug-likeness (QED) is 0.764. The summed E-state index contributed by atoms with van der Waals surface area (Å²) in [6.45, 7) is 2.03. The topological polar surface area (TPSA) is 53.1 Å². The summed E-state index contributed by atoms with van der Waals surface area (Å²) >= 11 is 0. The van der Waals surface area contributed by atoms with Crippen LogP contribution in [0.3, 0.4) is 0 Å². The molecule has 0 fully saturated rings. The van der Waals surface area contributed by atoms with Gasteiger partial charge in [0.2, 0.25) is 5.95 Å². The van der Waals surface area contributed by atoms with E-state index in [1.165, 1.54) is 0 Å². The average molecular weight is 253 g/mol.